The Balaban J connectivity index is 1.25. The fourth-order valence-corrected chi connectivity index (χ4v) is 5.47. The molecule has 6 rings (SSSR count). The van der Waals surface area contributed by atoms with Crippen LogP contribution in [0, 0.1) is 0 Å². The summed E-state index contributed by atoms with van der Waals surface area (Å²) in [4.78, 5) is 30.9. The first-order valence-electron chi connectivity index (χ1n) is 14.4. The number of rotatable bonds is 7. The van der Waals surface area contributed by atoms with Gasteiger partial charge in [0.2, 0.25) is 5.91 Å². The Morgan fingerprint density at radius 3 is 2.47 bits per heavy atom. The molecule has 228 valence electrons. The molecule has 1 aliphatic rings. The van der Waals surface area contributed by atoms with E-state index in [9.17, 15) is 18.4 Å². The highest BCUT2D eigenvalue weighted by atomic mass is 35.5. The number of fused-ring (bicyclic) bond motifs is 1. The van der Waals surface area contributed by atoms with Gasteiger partial charge in [-0.1, -0.05) is 35.9 Å². The van der Waals surface area contributed by atoms with E-state index in [4.69, 9.17) is 21.8 Å². The second-order valence-electron chi connectivity index (χ2n) is 11.0. The number of likely N-dealkylation sites (tertiary alicyclic amines) is 1. The number of nitrogen functional groups attached to an aromatic ring is 1. The number of furan rings is 1. The van der Waals surface area contributed by atoms with Crippen LogP contribution in [0.1, 0.15) is 34.5 Å². The first-order chi connectivity index (χ1) is 21.6. The summed E-state index contributed by atoms with van der Waals surface area (Å²) >= 11 is 6.33. The van der Waals surface area contributed by atoms with Crippen molar-refractivity contribution in [3.8, 4) is 22.3 Å². The van der Waals surface area contributed by atoms with Crippen LogP contribution in [0.2, 0.25) is 5.02 Å². The molecule has 3 heterocycles. The third kappa shape index (κ3) is 7.05. The Hall–Kier alpha value is -5.02. The van der Waals surface area contributed by atoms with Crippen molar-refractivity contribution in [3.05, 3.63) is 113 Å². The molecule has 0 saturated carbocycles. The van der Waals surface area contributed by atoms with Crippen molar-refractivity contribution in [3.63, 3.8) is 0 Å². The highest BCUT2D eigenvalue weighted by Crippen LogP contribution is 2.37. The van der Waals surface area contributed by atoms with Crippen LogP contribution in [0.25, 0.3) is 39.3 Å². The number of nitrogens with zero attached hydrogens (tertiary/aromatic N) is 2. The lowest BCUT2D eigenvalue weighted by atomic mass is 9.96. The number of nitrogens with two attached hydrogens (primary N) is 1. The average molecular weight is 627 g/mol. The molecule has 2 aromatic heterocycles. The molecule has 0 bridgehead atoms. The number of anilines is 1. The quantitative estimate of drug-likeness (QED) is 0.181. The highest BCUT2D eigenvalue weighted by molar-refractivity contribution is 6.30. The summed E-state index contributed by atoms with van der Waals surface area (Å²) in [5.41, 5.74) is 10.9. The molecule has 0 aliphatic carbocycles. The maximum absolute atomic E-state index is 13.6. The Kier molecular flexibility index (Phi) is 8.36. The summed E-state index contributed by atoms with van der Waals surface area (Å²) in [7, 11) is 0. The maximum Gasteiger partial charge on any atom is 0.253 e. The topological polar surface area (TPSA) is 101 Å². The molecule has 45 heavy (non-hydrogen) atoms. The number of hydrogen-bond donors (Lipinski definition) is 2. The van der Waals surface area contributed by atoms with Gasteiger partial charge in [0.15, 0.2) is 0 Å². The normalized spacial score (nSPS) is 14.6. The number of hydrogen-bond acceptors (Lipinski definition) is 5. The SMILES string of the molecule is Nc1ccc(C=CC(=O)NCc2cc3cc(-c4ccc(C(=O)N5CCC(F)(F)CC5)cc4)cc(-c4cccc(Cl)c4)c3o2)cn1. The zero-order valence-electron chi connectivity index (χ0n) is 24.1. The summed E-state index contributed by atoms with van der Waals surface area (Å²) in [6.45, 7) is 0.237. The number of carbonyl (C=O) groups excluding carboxylic acids is 2. The van der Waals surface area contributed by atoms with E-state index in [1.54, 1.807) is 42.6 Å². The van der Waals surface area contributed by atoms with Crippen molar-refractivity contribution >= 4 is 46.3 Å². The van der Waals surface area contributed by atoms with E-state index < -0.39 is 5.92 Å². The lowest BCUT2D eigenvalue weighted by molar-refractivity contribution is -0.116. The maximum atomic E-state index is 13.6. The summed E-state index contributed by atoms with van der Waals surface area (Å²) < 4.78 is 33.4. The number of carbonyl (C=O) groups is 2. The van der Waals surface area contributed by atoms with Crippen LogP contribution >= 0.6 is 11.6 Å². The van der Waals surface area contributed by atoms with Crippen LogP contribution in [0.3, 0.4) is 0 Å². The fraction of sp³-hybridized carbons (Fsp3) is 0.171. The van der Waals surface area contributed by atoms with E-state index >= 15 is 0 Å². The second kappa shape index (κ2) is 12.5. The Morgan fingerprint density at radius 1 is 0.978 bits per heavy atom. The Bertz CT molecular complexity index is 1890. The van der Waals surface area contributed by atoms with Crippen molar-refractivity contribution in [2.45, 2.75) is 25.3 Å². The standard InChI is InChI=1S/C35H29ClF2N4O3/c36-28-3-1-2-25(17-28)30-19-26(23-6-8-24(9-7-23)34(44)42-14-12-35(37,38)13-15-42)16-27-18-29(45-33(27)30)21-41-32(43)11-5-22-4-10-31(39)40-20-22/h1-11,16-20H,12-15,21H2,(H2,39,40)(H,41,43). The molecule has 2 amide bonds. The largest absolute Gasteiger partial charge is 0.459 e. The number of alkyl halides is 2. The van der Waals surface area contributed by atoms with Gasteiger partial charge in [0.1, 0.15) is 17.2 Å². The first-order valence-corrected chi connectivity index (χ1v) is 14.8. The molecule has 1 aliphatic heterocycles. The van der Waals surface area contributed by atoms with E-state index in [0.29, 0.717) is 27.7 Å². The lowest BCUT2D eigenvalue weighted by Gasteiger charge is -2.31. The molecule has 0 unspecified atom stereocenters. The van der Waals surface area contributed by atoms with Crippen LogP contribution in [0.4, 0.5) is 14.6 Å². The van der Waals surface area contributed by atoms with Gasteiger partial charge in [-0.15, -0.1) is 0 Å². The minimum Gasteiger partial charge on any atom is -0.459 e. The lowest BCUT2D eigenvalue weighted by Crippen LogP contribution is -2.42. The van der Waals surface area contributed by atoms with Crippen molar-refractivity contribution < 1.29 is 22.8 Å². The van der Waals surface area contributed by atoms with Crippen LogP contribution in [0.5, 0.6) is 0 Å². The first kappa shape index (κ1) is 30.0. The molecular weight excluding hydrogens is 598 g/mol. The molecule has 0 spiro atoms. The molecule has 1 saturated heterocycles. The minimum atomic E-state index is -2.72. The van der Waals surface area contributed by atoms with Gasteiger partial charge in [0.25, 0.3) is 11.8 Å². The van der Waals surface area contributed by atoms with Gasteiger partial charge in [-0.2, -0.15) is 0 Å². The minimum absolute atomic E-state index is 0.0346. The molecular formula is C35H29ClF2N4O3. The van der Waals surface area contributed by atoms with Crippen molar-refractivity contribution in [2.24, 2.45) is 0 Å². The summed E-state index contributed by atoms with van der Waals surface area (Å²) in [6.07, 6.45) is 4.00. The van der Waals surface area contributed by atoms with E-state index in [2.05, 4.69) is 10.3 Å². The van der Waals surface area contributed by atoms with Crippen LogP contribution in [-0.2, 0) is 11.3 Å². The second-order valence-corrected chi connectivity index (χ2v) is 11.4. The van der Waals surface area contributed by atoms with Crippen molar-refractivity contribution in [1.29, 1.82) is 0 Å². The van der Waals surface area contributed by atoms with E-state index in [1.807, 2.05) is 48.5 Å². The van der Waals surface area contributed by atoms with Gasteiger partial charge in [0.05, 0.1) is 6.54 Å². The van der Waals surface area contributed by atoms with Gasteiger partial charge < -0.3 is 20.4 Å². The Morgan fingerprint density at radius 2 is 1.76 bits per heavy atom. The molecule has 10 heteroatoms. The third-order valence-corrected chi connectivity index (χ3v) is 7.96. The van der Waals surface area contributed by atoms with Crippen molar-refractivity contribution in [2.75, 3.05) is 18.8 Å². The Labute approximate surface area is 263 Å². The summed E-state index contributed by atoms with van der Waals surface area (Å²) in [5.74, 6) is -2.30. The third-order valence-electron chi connectivity index (χ3n) is 7.72. The van der Waals surface area contributed by atoms with E-state index in [0.717, 1.165) is 33.2 Å². The number of amides is 2. The van der Waals surface area contributed by atoms with Crippen molar-refractivity contribution in [1.82, 2.24) is 15.2 Å². The molecule has 0 radical (unpaired) electrons. The molecule has 7 nitrogen and oxygen atoms in total. The van der Waals surface area contributed by atoms with E-state index in [-0.39, 0.29) is 44.3 Å². The predicted molar refractivity (Wildman–Crippen MR) is 172 cm³/mol. The smallest absolute Gasteiger partial charge is 0.253 e. The van der Waals surface area contributed by atoms with E-state index in [1.165, 1.54) is 11.0 Å². The molecule has 5 aromatic rings. The highest BCUT2D eigenvalue weighted by Gasteiger charge is 2.35. The van der Waals surface area contributed by atoms with Gasteiger partial charge in [-0.05, 0) is 82.9 Å². The van der Waals surface area contributed by atoms with Gasteiger partial charge in [-0.25, -0.2) is 13.8 Å². The zero-order valence-corrected chi connectivity index (χ0v) is 24.9. The zero-order chi connectivity index (χ0) is 31.6. The van der Waals surface area contributed by atoms with Crippen LogP contribution in [-0.4, -0.2) is 40.7 Å². The predicted octanol–water partition coefficient (Wildman–Crippen LogP) is 7.60. The summed E-state index contributed by atoms with van der Waals surface area (Å²) in [6, 6.07) is 23.9. The van der Waals surface area contributed by atoms with Crippen LogP contribution < -0.4 is 11.1 Å². The summed E-state index contributed by atoms with van der Waals surface area (Å²) in [5, 5.41) is 4.24. The molecule has 0 atom stereocenters. The van der Waals surface area contributed by atoms with Crippen LogP contribution in [0.15, 0.2) is 95.6 Å². The number of halogens is 3. The number of pyridine rings is 1. The number of nitrogens with one attached hydrogen (secondary N) is 1. The monoisotopic (exact) mass is 626 g/mol. The molecule has 1 fully saturated rings. The molecule has 3 N–H and O–H groups in total. The average Bonchev–Trinajstić information content (AvgIpc) is 3.46. The fourth-order valence-electron chi connectivity index (χ4n) is 5.28. The van der Waals surface area contributed by atoms with Gasteiger partial charge in [0, 0.05) is 59.7 Å². The number of aromatic nitrogens is 1. The molecule has 3 aromatic carbocycles. The number of piperidine rings is 1. The number of benzene rings is 3. The van der Waals surface area contributed by atoms with Gasteiger partial charge in [-0.3, -0.25) is 9.59 Å². The van der Waals surface area contributed by atoms with Gasteiger partial charge >= 0.3 is 0 Å².